The fraction of sp³-hybridized carbons (Fsp3) is 0.385. The molecule has 1 aromatic rings. The second kappa shape index (κ2) is 7.38. The lowest BCUT2D eigenvalue weighted by Crippen LogP contribution is -2.35. The van der Waals surface area contributed by atoms with Crippen molar-refractivity contribution in [2.45, 2.75) is 25.8 Å². The molecule has 1 amide bonds. The van der Waals surface area contributed by atoms with Crippen molar-refractivity contribution in [3.05, 3.63) is 24.3 Å². The van der Waals surface area contributed by atoms with Crippen molar-refractivity contribution in [2.75, 3.05) is 11.9 Å². The van der Waals surface area contributed by atoms with E-state index in [1.165, 1.54) is 0 Å². The Morgan fingerprint density at radius 2 is 2.11 bits per heavy atom. The molecule has 104 valence electrons. The van der Waals surface area contributed by atoms with Gasteiger partial charge in [-0.1, -0.05) is 25.5 Å². The quantitative estimate of drug-likeness (QED) is 0.688. The Kier molecular flexibility index (Phi) is 5.81. The highest BCUT2D eigenvalue weighted by atomic mass is 16.5. The zero-order chi connectivity index (χ0) is 14.3. The fourth-order valence-corrected chi connectivity index (χ4v) is 1.50. The number of amides is 1. The minimum atomic E-state index is -1.08. The van der Waals surface area contributed by atoms with Gasteiger partial charge in [0.15, 0.2) is 6.61 Å². The molecule has 0 aromatic heterocycles. The van der Waals surface area contributed by atoms with Crippen LogP contribution in [-0.4, -0.2) is 29.6 Å². The van der Waals surface area contributed by atoms with E-state index in [0.29, 0.717) is 17.9 Å². The second-order valence-corrected chi connectivity index (χ2v) is 4.06. The predicted octanol–water partition coefficient (Wildman–Crippen LogP) is 1.22. The van der Waals surface area contributed by atoms with Gasteiger partial charge in [-0.3, -0.25) is 4.79 Å². The Hall–Kier alpha value is -2.08. The molecular weight excluding hydrogens is 248 g/mol. The van der Waals surface area contributed by atoms with Crippen LogP contribution in [0.3, 0.4) is 0 Å². The maximum Gasteiger partial charge on any atom is 0.341 e. The summed E-state index contributed by atoms with van der Waals surface area (Å²) in [5.41, 5.74) is 6.12. The van der Waals surface area contributed by atoms with Gasteiger partial charge in [0.05, 0.1) is 11.7 Å². The van der Waals surface area contributed by atoms with E-state index in [-0.39, 0.29) is 5.91 Å². The second-order valence-electron chi connectivity index (χ2n) is 4.06. The highest BCUT2D eigenvalue weighted by Crippen LogP contribution is 2.23. The lowest BCUT2D eigenvalue weighted by molar-refractivity contribution is -0.139. The summed E-state index contributed by atoms with van der Waals surface area (Å²) in [5.74, 6) is -1.08. The molecule has 1 aromatic carbocycles. The normalized spacial score (nSPS) is 11.7. The van der Waals surface area contributed by atoms with E-state index in [2.05, 4.69) is 5.32 Å². The number of nitrogens with two attached hydrogens (primary N) is 1. The summed E-state index contributed by atoms with van der Waals surface area (Å²) >= 11 is 0. The molecule has 1 rings (SSSR count). The van der Waals surface area contributed by atoms with E-state index in [0.717, 1.165) is 6.42 Å². The van der Waals surface area contributed by atoms with Gasteiger partial charge in [-0.2, -0.15) is 0 Å². The first-order valence-electron chi connectivity index (χ1n) is 6.04. The molecule has 1 atom stereocenters. The number of carboxylic acid groups (broad SMARTS) is 1. The van der Waals surface area contributed by atoms with Crippen molar-refractivity contribution in [3.63, 3.8) is 0 Å². The molecule has 19 heavy (non-hydrogen) atoms. The summed E-state index contributed by atoms with van der Waals surface area (Å²) in [5, 5.41) is 11.2. The average molecular weight is 266 g/mol. The number of hydrogen-bond acceptors (Lipinski definition) is 4. The van der Waals surface area contributed by atoms with Crippen molar-refractivity contribution in [1.82, 2.24) is 0 Å². The van der Waals surface area contributed by atoms with Crippen LogP contribution in [0.5, 0.6) is 5.75 Å². The Balaban J connectivity index is 2.71. The van der Waals surface area contributed by atoms with Crippen molar-refractivity contribution in [3.8, 4) is 5.75 Å². The number of hydrogen-bond donors (Lipinski definition) is 3. The van der Waals surface area contributed by atoms with Crippen molar-refractivity contribution in [1.29, 1.82) is 0 Å². The molecule has 0 spiro atoms. The number of para-hydroxylation sites is 2. The summed E-state index contributed by atoms with van der Waals surface area (Å²) in [6.45, 7) is 1.48. The molecule has 0 saturated carbocycles. The summed E-state index contributed by atoms with van der Waals surface area (Å²) < 4.78 is 5.08. The number of ether oxygens (including phenoxy) is 1. The molecule has 0 saturated heterocycles. The van der Waals surface area contributed by atoms with Crippen molar-refractivity contribution < 1.29 is 19.4 Å². The Morgan fingerprint density at radius 1 is 1.42 bits per heavy atom. The van der Waals surface area contributed by atoms with Gasteiger partial charge in [-0.05, 0) is 18.6 Å². The third-order valence-electron chi connectivity index (χ3n) is 2.43. The smallest absolute Gasteiger partial charge is 0.341 e. The average Bonchev–Trinajstić information content (AvgIpc) is 2.37. The number of benzene rings is 1. The Morgan fingerprint density at radius 3 is 2.74 bits per heavy atom. The van der Waals surface area contributed by atoms with Gasteiger partial charge < -0.3 is 20.9 Å². The number of carbonyl (C=O) groups excluding carboxylic acids is 1. The molecule has 6 nitrogen and oxygen atoms in total. The Labute approximate surface area is 111 Å². The maximum atomic E-state index is 11.8. The molecule has 0 heterocycles. The number of nitrogens with one attached hydrogen (secondary N) is 1. The molecule has 1 unspecified atom stereocenters. The van der Waals surface area contributed by atoms with E-state index in [9.17, 15) is 9.59 Å². The van der Waals surface area contributed by atoms with Gasteiger partial charge in [0.1, 0.15) is 5.75 Å². The Bertz CT molecular complexity index is 448. The first-order chi connectivity index (χ1) is 9.04. The summed E-state index contributed by atoms with van der Waals surface area (Å²) in [6.07, 6.45) is 1.40. The highest BCUT2D eigenvalue weighted by Gasteiger charge is 2.14. The third kappa shape index (κ3) is 4.97. The van der Waals surface area contributed by atoms with Crippen LogP contribution in [0.25, 0.3) is 0 Å². The number of carboxylic acids is 1. The topological polar surface area (TPSA) is 102 Å². The van der Waals surface area contributed by atoms with Gasteiger partial charge in [0.25, 0.3) is 0 Å². The molecule has 0 aliphatic rings. The molecule has 0 radical (unpaired) electrons. The van der Waals surface area contributed by atoms with Crippen LogP contribution in [0.2, 0.25) is 0 Å². The van der Waals surface area contributed by atoms with Gasteiger partial charge >= 0.3 is 5.97 Å². The van der Waals surface area contributed by atoms with Crippen LogP contribution in [0.15, 0.2) is 24.3 Å². The summed E-state index contributed by atoms with van der Waals surface area (Å²) in [4.78, 5) is 22.3. The molecule has 4 N–H and O–H groups in total. The molecular formula is C13H18N2O4. The van der Waals surface area contributed by atoms with Crippen molar-refractivity contribution in [2.24, 2.45) is 5.73 Å². The molecule has 0 aliphatic heterocycles. The van der Waals surface area contributed by atoms with E-state index < -0.39 is 18.6 Å². The SMILES string of the molecule is CCCC(N)C(=O)Nc1ccccc1OCC(=O)O. The largest absolute Gasteiger partial charge is 0.480 e. The summed E-state index contributed by atoms with van der Waals surface area (Å²) in [6, 6.07) is 6.04. The van der Waals surface area contributed by atoms with Crippen LogP contribution < -0.4 is 15.8 Å². The number of aliphatic carboxylic acids is 1. The van der Waals surface area contributed by atoms with Gasteiger partial charge in [0, 0.05) is 0 Å². The molecule has 0 aliphatic carbocycles. The number of rotatable bonds is 7. The van der Waals surface area contributed by atoms with Gasteiger partial charge in [-0.15, -0.1) is 0 Å². The predicted molar refractivity (Wildman–Crippen MR) is 71.1 cm³/mol. The lowest BCUT2D eigenvalue weighted by Gasteiger charge is -2.14. The molecule has 6 heteroatoms. The van der Waals surface area contributed by atoms with E-state index >= 15 is 0 Å². The van der Waals surface area contributed by atoms with Gasteiger partial charge in [-0.25, -0.2) is 4.79 Å². The third-order valence-corrected chi connectivity index (χ3v) is 2.43. The minimum Gasteiger partial charge on any atom is -0.480 e. The standard InChI is InChI=1S/C13H18N2O4/c1-2-5-9(14)13(18)15-10-6-3-4-7-11(10)19-8-12(16)17/h3-4,6-7,9H,2,5,8,14H2,1H3,(H,15,18)(H,16,17). The number of carbonyl (C=O) groups is 2. The highest BCUT2D eigenvalue weighted by molar-refractivity contribution is 5.95. The van der Waals surface area contributed by atoms with Crippen LogP contribution in [0, 0.1) is 0 Å². The van der Waals surface area contributed by atoms with Crippen LogP contribution in [-0.2, 0) is 9.59 Å². The monoisotopic (exact) mass is 266 g/mol. The van der Waals surface area contributed by atoms with Crippen LogP contribution >= 0.6 is 0 Å². The van der Waals surface area contributed by atoms with Crippen LogP contribution in [0.4, 0.5) is 5.69 Å². The lowest BCUT2D eigenvalue weighted by atomic mass is 10.1. The first kappa shape index (κ1) is 15.0. The van der Waals surface area contributed by atoms with Crippen LogP contribution in [0.1, 0.15) is 19.8 Å². The molecule has 0 fully saturated rings. The molecule has 0 bridgehead atoms. The maximum absolute atomic E-state index is 11.8. The number of anilines is 1. The first-order valence-corrected chi connectivity index (χ1v) is 6.04. The fourth-order valence-electron chi connectivity index (χ4n) is 1.50. The van der Waals surface area contributed by atoms with E-state index in [1.807, 2.05) is 6.92 Å². The van der Waals surface area contributed by atoms with Gasteiger partial charge in [0.2, 0.25) is 5.91 Å². The summed E-state index contributed by atoms with van der Waals surface area (Å²) in [7, 11) is 0. The zero-order valence-corrected chi connectivity index (χ0v) is 10.8. The van der Waals surface area contributed by atoms with E-state index in [4.69, 9.17) is 15.6 Å². The van der Waals surface area contributed by atoms with Crippen molar-refractivity contribution >= 4 is 17.6 Å². The van der Waals surface area contributed by atoms with E-state index in [1.54, 1.807) is 24.3 Å². The minimum absolute atomic E-state index is 0.307. The zero-order valence-electron chi connectivity index (χ0n) is 10.8.